The maximum Gasteiger partial charge on any atom is 0.272 e. The summed E-state index contributed by atoms with van der Waals surface area (Å²) in [6.07, 6.45) is 5.10. The van der Waals surface area contributed by atoms with Gasteiger partial charge in [0.15, 0.2) is 0 Å². The third-order valence-corrected chi connectivity index (χ3v) is 4.63. The summed E-state index contributed by atoms with van der Waals surface area (Å²) in [5.41, 5.74) is 2.06. The Morgan fingerprint density at radius 3 is 2.57 bits per heavy atom. The fourth-order valence-electron chi connectivity index (χ4n) is 3.04. The van der Waals surface area contributed by atoms with Crippen LogP contribution < -0.4 is 10.2 Å². The van der Waals surface area contributed by atoms with E-state index in [4.69, 9.17) is 0 Å². The van der Waals surface area contributed by atoms with Crippen LogP contribution in [0, 0.1) is 23.0 Å². The van der Waals surface area contributed by atoms with Crippen molar-refractivity contribution in [1.29, 1.82) is 0 Å². The van der Waals surface area contributed by atoms with Crippen molar-refractivity contribution in [1.82, 2.24) is 5.32 Å². The van der Waals surface area contributed by atoms with Crippen LogP contribution in [-0.2, 0) is 0 Å². The molecule has 1 aromatic rings. The molecule has 2 aliphatic rings. The van der Waals surface area contributed by atoms with E-state index in [2.05, 4.69) is 10.2 Å². The van der Waals surface area contributed by atoms with Gasteiger partial charge >= 0.3 is 0 Å². The van der Waals surface area contributed by atoms with Gasteiger partial charge in [-0.3, -0.25) is 10.1 Å². The van der Waals surface area contributed by atoms with Crippen molar-refractivity contribution >= 4 is 11.4 Å². The van der Waals surface area contributed by atoms with Gasteiger partial charge in [-0.2, -0.15) is 0 Å². The topological polar surface area (TPSA) is 58.4 Å². The van der Waals surface area contributed by atoms with Crippen LogP contribution in [0.3, 0.4) is 0 Å². The fraction of sp³-hybridized carbons (Fsp3) is 0.625. The van der Waals surface area contributed by atoms with E-state index in [1.54, 1.807) is 6.07 Å². The van der Waals surface area contributed by atoms with Crippen LogP contribution in [0.4, 0.5) is 11.4 Å². The predicted molar refractivity (Wildman–Crippen MR) is 83.8 cm³/mol. The van der Waals surface area contributed by atoms with Gasteiger partial charge in [0.1, 0.15) is 0 Å². The number of benzene rings is 1. The third kappa shape index (κ3) is 3.53. The highest BCUT2D eigenvalue weighted by Gasteiger charge is 2.24. The van der Waals surface area contributed by atoms with Gasteiger partial charge in [-0.25, -0.2) is 0 Å². The second-order valence-corrected chi connectivity index (χ2v) is 6.34. The van der Waals surface area contributed by atoms with Gasteiger partial charge in [0.25, 0.3) is 5.69 Å². The third-order valence-electron chi connectivity index (χ3n) is 4.63. The number of hydrogen-bond donors (Lipinski definition) is 1. The van der Waals surface area contributed by atoms with Gasteiger partial charge in [-0.15, -0.1) is 0 Å². The van der Waals surface area contributed by atoms with Gasteiger partial charge in [0.2, 0.25) is 0 Å². The molecular formula is C16H23N3O2. The molecule has 21 heavy (non-hydrogen) atoms. The second-order valence-electron chi connectivity index (χ2n) is 6.34. The Labute approximate surface area is 125 Å². The summed E-state index contributed by atoms with van der Waals surface area (Å²) < 4.78 is 0. The van der Waals surface area contributed by atoms with E-state index in [1.165, 1.54) is 19.4 Å². The molecule has 1 aliphatic carbocycles. The Balaban J connectivity index is 1.55. The lowest BCUT2D eigenvalue weighted by Crippen LogP contribution is -2.43. The first-order valence-electron chi connectivity index (χ1n) is 7.87. The van der Waals surface area contributed by atoms with Crippen LogP contribution >= 0.6 is 0 Å². The summed E-state index contributed by atoms with van der Waals surface area (Å²) in [6.45, 7) is 5.05. The molecule has 1 heterocycles. The monoisotopic (exact) mass is 289 g/mol. The van der Waals surface area contributed by atoms with Crippen LogP contribution in [0.15, 0.2) is 18.2 Å². The molecule has 0 unspecified atom stereocenters. The Kier molecular flexibility index (Phi) is 4.10. The number of piperidine rings is 1. The molecule has 3 rings (SSSR count). The number of nitrogens with one attached hydrogen (secondary N) is 1. The zero-order valence-corrected chi connectivity index (χ0v) is 12.5. The molecule has 0 spiro atoms. The predicted octanol–water partition coefficient (Wildman–Crippen LogP) is 2.87. The van der Waals surface area contributed by atoms with Gasteiger partial charge in [0.05, 0.1) is 4.92 Å². The zero-order chi connectivity index (χ0) is 14.8. The molecule has 114 valence electrons. The van der Waals surface area contributed by atoms with E-state index < -0.39 is 0 Å². The molecule has 2 fully saturated rings. The number of rotatable bonds is 5. The molecule has 5 heteroatoms. The van der Waals surface area contributed by atoms with E-state index in [0.717, 1.165) is 43.1 Å². The Bertz CT molecular complexity index is 520. The highest BCUT2D eigenvalue weighted by atomic mass is 16.6. The van der Waals surface area contributed by atoms with Crippen molar-refractivity contribution in [2.45, 2.75) is 38.6 Å². The van der Waals surface area contributed by atoms with Crippen molar-refractivity contribution in [2.24, 2.45) is 5.92 Å². The summed E-state index contributed by atoms with van der Waals surface area (Å²) >= 11 is 0. The average Bonchev–Trinajstić information content (AvgIpc) is 3.29. The average molecular weight is 289 g/mol. The smallest absolute Gasteiger partial charge is 0.272 e. The number of anilines is 1. The van der Waals surface area contributed by atoms with E-state index in [1.807, 2.05) is 19.1 Å². The summed E-state index contributed by atoms with van der Waals surface area (Å²) in [7, 11) is 0. The van der Waals surface area contributed by atoms with Crippen molar-refractivity contribution in [3.63, 3.8) is 0 Å². The number of nitrogens with zero attached hydrogens (tertiary/aromatic N) is 2. The van der Waals surface area contributed by atoms with E-state index in [-0.39, 0.29) is 10.6 Å². The zero-order valence-electron chi connectivity index (χ0n) is 12.5. The number of aryl methyl sites for hydroxylation is 1. The molecule has 5 nitrogen and oxygen atoms in total. The van der Waals surface area contributed by atoms with Crippen molar-refractivity contribution in [3.05, 3.63) is 33.9 Å². The molecule has 0 aromatic heterocycles. The number of nitro groups is 1. The first kappa shape index (κ1) is 14.3. The molecular weight excluding hydrogens is 266 g/mol. The number of nitro benzene ring substituents is 1. The standard InChI is InChI=1S/C16H23N3O2/c1-12-10-15(4-5-16(12)19(20)21)18-8-6-14(7-9-18)17-11-13-2-3-13/h4-5,10,13-14,17H,2-3,6-9,11H2,1H3. The van der Waals surface area contributed by atoms with Crippen LogP contribution in [0.25, 0.3) is 0 Å². The lowest BCUT2D eigenvalue weighted by atomic mass is 10.0. The van der Waals surface area contributed by atoms with Crippen LogP contribution in [-0.4, -0.2) is 30.6 Å². The summed E-state index contributed by atoms with van der Waals surface area (Å²) in [5.74, 6) is 0.931. The SMILES string of the molecule is Cc1cc(N2CCC(NCC3CC3)CC2)ccc1[N+](=O)[O-]. The normalized spacial score (nSPS) is 19.8. The minimum absolute atomic E-state index is 0.208. The first-order valence-corrected chi connectivity index (χ1v) is 7.87. The van der Waals surface area contributed by atoms with Crippen LogP contribution in [0.5, 0.6) is 0 Å². The van der Waals surface area contributed by atoms with Crippen LogP contribution in [0.2, 0.25) is 0 Å². The van der Waals surface area contributed by atoms with Crippen molar-refractivity contribution in [2.75, 3.05) is 24.5 Å². The Morgan fingerprint density at radius 1 is 1.29 bits per heavy atom. The largest absolute Gasteiger partial charge is 0.371 e. The fourth-order valence-corrected chi connectivity index (χ4v) is 3.04. The van der Waals surface area contributed by atoms with Crippen molar-refractivity contribution in [3.8, 4) is 0 Å². The first-order chi connectivity index (χ1) is 10.1. The molecule has 1 saturated heterocycles. The van der Waals surface area contributed by atoms with Crippen molar-refractivity contribution < 1.29 is 4.92 Å². The molecule has 0 radical (unpaired) electrons. The van der Waals surface area contributed by atoms with Gasteiger partial charge in [0, 0.05) is 36.4 Å². The Hall–Kier alpha value is -1.62. The summed E-state index contributed by atoms with van der Waals surface area (Å²) in [5, 5.41) is 14.5. The maximum absolute atomic E-state index is 10.9. The van der Waals surface area contributed by atoms with E-state index >= 15 is 0 Å². The van der Waals surface area contributed by atoms with E-state index in [0.29, 0.717) is 6.04 Å². The summed E-state index contributed by atoms with van der Waals surface area (Å²) in [6, 6.07) is 6.09. The second kappa shape index (κ2) is 6.02. The highest BCUT2D eigenvalue weighted by Crippen LogP contribution is 2.29. The van der Waals surface area contributed by atoms with E-state index in [9.17, 15) is 10.1 Å². The van der Waals surface area contributed by atoms with Gasteiger partial charge in [-0.1, -0.05) is 0 Å². The van der Waals surface area contributed by atoms with Crippen LogP contribution in [0.1, 0.15) is 31.2 Å². The molecule has 0 amide bonds. The quantitative estimate of drug-likeness (QED) is 0.669. The number of hydrogen-bond acceptors (Lipinski definition) is 4. The molecule has 1 aromatic carbocycles. The molecule has 0 bridgehead atoms. The van der Waals surface area contributed by atoms with Gasteiger partial charge < -0.3 is 10.2 Å². The van der Waals surface area contributed by atoms with Gasteiger partial charge in [-0.05, 0) is 57.2 Å². The molecule has 1 aliphatic heterocycles. The Morgan fingerprint density at radius 2 is 2.00 bits per heavy atom. The summed E-state index contributed by atoms with van der Waals surface area (Å²) in [4.78, 5) is 12.9. The minimum atomic E-state index is -0.312. The molecule has 1 N–H and O–H groups in total. The molecule has 0 atom stereocenters. The molecule has 1 saturated carbocycles. The lowest BCUT2D eigenvalue weighted by molar-refractivity contribution is -0.385. The minimum Gasteiger partial charge on any atom is -0.371 e. The maximum atomic E-state index is 10.9. The lowest BCUT2D eigenvalue weighted by Gasteiger charge is -2.34. The highest BCUT2D eigenvalue weighted by molar-refractivity contribution is 5.55.